The fraction of sp³-hybridized carbons (Fsp3) is 0.267. The van der Waals surface area contributed by atoms with Gasteiger partial charge in [0.1, 0.15) is 10.8 Å². The van der Waals surface area contributed by atoms with Crippen LogP contribution in [0.5, 0.6) is 11.6 Å². The van der Waals surface area contributed by atoms with Crippen molar-refractivity contribution < 1.29 is 4.74 Å². The number of rotatable bonds is 3. The number of benzene rings is 1. The van der Waals surface area contributed by atoms with Gasteiger partial charge in [0.05, 0.1) is 0 Å². The van der Waals surface area contributed by atoms with E-state index < -0.39 is 0 Å². The molecule has 2 heterocycles. The van der Waals surface area contributed by atoms with Gasteiger partial charge in [0.2, 0.25) is 5.88 Å². The molecule has 1 aliphatic rings. The average Bonchev–Trinajstić information content (AvgIpc) is 2.51. The third kappa shape index (κ3) is 3.03. The third-order valence-corrected chi connectivity index (χ3v) is 3.55. The molecule has 1 fully saturated rings. The SMILES string of the molecule is Clc1cccnc1Oc1ccc(N2CCNCC2)cc1. The van der Waals surface area contributed by atoms with Gasteiger partial charge < -0.3 is 15.0 Å². The molecular weight excluding hydrogens is 274 g/mol. The van der Waals surface area contributed by atoms with Crippen molar-refractivity contribution in [1.82, 2.24) is 10.3 Å². The normalized spacial score (nSPS) is 15.2. The lowest BCUT2D eigenvalue weighted by molar-refractivity contribution is 0.463. The average molecular weight is 290 g/mol. The van der Waals surface area contributed by atoms with Crippen LogP contribution >= 0.6 is 11.6 Å². The van der Waals surface area contributed by atoms with Gasteiger partial charge in [0, 0.05) is 38.1 Å². The molecule has 1 aliphatic heterocycles. The fourth-order valence-electron chi connectivity index (χ4n) is 2.21. The summed E-state index contributed by atoms with van der Waals surface area (Å²) in [6.45, 7) is 4.13. The Kier molecular flexibility index (Phi) is 4.04. The lowest BCUT2D eigenvalue weighted by Gasteiger charge is -2.29. The minimum Gasteiger partial charge on any atom is -0.438 e. The number of pyridine rings is 1. The molecular formula is C15H16ClN3O. The number of nitrogens with zero attached hydrogens (tertiary/aromatic N) is 2. The highest BCUT2D eigenvalue weighted by molar-refractivity contribution is 6.31. The van der Waals surface area contributed by atoms with E-state index >= 15 is 0 Å². The predicted octanol–water partition coefficient (Wildman–Crippen LogP) is 2.94. The predicted molar refractivity (Wildman–Crippen MR) is 80.8 cm³/mol. The second-order valence-electron chi connectivity index (χ2n) is 4.62. The van der Waals surface area contributed by atoms with Crippen molar-refractivity contribution in [3.8, 4) is 11.6 Å². The van der Waals surface area contributed by atoms with Gasteiger partial charge in [-0.15, -0.1) is 0 Å². The minimum absolute atomic E-state index is 0.434. The fourth-order valence-corrected chi connectivity index (χ4v) is 2.37. The van der Waals surface area contributed by atoms with Crippen molar-refractivity contribution in [1.29, 1.82) is 0 Å². The lowest BCUT2D eigenvalue weighted by atomic mass is 10.2. The molecule has 1 aromatic heterocycles. The molecule has 1 N–H and O–H groups in total. The molecule has 0 atom stereocenters. The molecule has 20 heavy (non-hydrogen) atoms. The Balaban J connectivity index is 1.71. The number of ether oxygens (including phenoxy) is 1. The van der Waals surface area contributed by atoms with E-state index in [1.54, 1.807) is 18.3 Å². The van der Waals surface area contributed by atoms with Crippen LogP contribution in [0.1, 0.15) is 0 Å². The number of piperazine rings is 1. The Morgan fingerprint density at radius 3 is 2.55 bits per heavy atom. The van der Waals surface area contributed by atoms with Crippen molar-refractivity contribution in [3.63, 3.8) is 0 Å². The first-order chi connectivity index (χ1) is 9.83. The Hall–Kier alpha value is -1.78. The Morgan fingerprint density at radius 1 is 1.10 bits per heavy atom. The molecule has 0 unspecified atom stereocenters. The summed E-state index contributed by atoms with van der Waals surface area (Å²) in [7, 11) is 0. The second-order valence-corrected chi connectivity index (χ2v) is 5.03. The maximum Gasteiger partial charge on any atom is 0.238 e. The molecule has 104 valence electrons. The molecule has 1 saturated heterocycles. The summed E-state index contributed by atoms with van der Waals surface area (Å²) in [6.07, 6.45) is 1.66. The van der Waals surface area contributed by atoms with Gasteiger partial charge in [-0.1, -0.05) is 11.6 Å². The highest BCUT2D eigenvalue weighted by Gasteiger charge is 2.10. The van der Waals surface area contributed by atoms with Crippen LogP contribution in [0, 0.1) is 0 Å². The molecule has 4 nitrogen and oxygen atoms in total. The van der Waals surface area contributed by atoms with Crippen LogP contribution in [0.3, 0.4) is 0 Å². The van der Waals surface area contributed by atoms with Gasteiger partial charge in [-0.25, -0.2) is 4.98 Å². The van der Waals surface area contributed by atoms with E-state index in [2.05, 4.69) is 27.3 Å². The largest absolute Gasteiger partial charge is 0.438 e. The van der Waals surface area contributed by atoms with Gasteiger partial charge in [0.25, 0.3) is 0 Å². The van der Waals surface area contributed by atoms with E-state index in [-0.39, 0.29) is 0 Å². The molecule has 5 heteroatoms. The van der Waals surface area contributed by atoms with Crippen LogP contribution in [0.25, 0.3) is 0 Å². The number of hydrogen-bond acceptors (Lipinski definition) is 4. The summed E-state index contributed by atoms with van der Waals surface area (Å²) in [5.41, 5.74) is 1.21. The number of aromatic nitrogens is 1. The molecule has 0 radical (unpaired) electrons. The van der Waals surface area contributed by atoms with Crippen molar-refractivity contribution in [2.75, 3.05) is 31.1 Å². The quantitative estimate of drug-likeness (QED) is 0.943. The molecule has 0 saturated carbocycles. The summed E-state index contributed by atoms with van der Waals surface area (Å²) >= 11 is 6.02. The second kappa shape index (κ2) is 6.11. The first kappa shape index (κ1) is 13.2. The van der Waals surface area contributed by atoms with E-state index in [1.165, 1.54) is 5.69 Å². The summed E-state index contributed by atoms with van der Waals surface area (Å²) in [5, 5.41) is 3.86. The summed E-state index contributed by atoms with van der Waals surface area (Å²) in [5.74, 6) is 1.17. The maximum absolute atomic E-state index is 6.02. The molecule has 0 bridgehead atoms. The van der Waals surface area contributed by atoms with Crippen LogP contribution in [-0.4, -0.2) is 31.2 Å². The summed E-state index contributed by atoms with van der Waals surface area (Å²) in [4.78, 5) is 6.47. The van der Waals surface area contributed by atoms with Gasteiger partial charge in [-0.2, -0.15) is 0 Å². The minimum atomic E-state index is 0.434. The van der Waals surface area contributed by atoms with Gasteiger partial charge in [-0.05, 0) is 36.4 Å². The number of anilines is 1. The van der Waals surface area contributed by atoms with Gasteiger partial charge >= 0.3 is 0 Å². The molecule has 1 aromatic carbocycles. The molecule has 0 amide bonds. The monoisotopic (exact) mass is 289 g/mol. The van der Waals surface area contributed by atoms with Crippen LogP contribution in [0.4, 0.5) is 5.69 Å². The molecule has 2 aromatic rings. The molecule has 3 rings (SSSR count). The summed E-state index contributed by atoms with van der Waals surface area (Å²) in [6, 6.07) is 11.6. The topological polar surface area (TPSA) is 37.4 Å². The third-order valence-electron chi connectivity index (χ3n) is 3.26. The van der Waals surface area contributed by atoms with Crippen LogP contribution in [0.15, 0.2) is 42.6 Å². The zero-order valence-corrected chi connectivity index (χ0v) is 11.8. The van der Waals surface area contributed by atoms with Crippen LogP contribution in [0.2, 0.25) is 5.02 Å². The zero-order chi connectivity index (χ0) is 13.8. The Labute approximate surface area is 123 Å². The van der Waals surface area contributed by atoms with Crippen LogP contribution < -0.4 is 15.0 Å². The van der Waals surface area contributed by atoms with Gasteiger partial charge in [-0.3, -0.25) is 0 Å². The van der Waals surface area contributed by atoms with Gasteiger partial charge in [0.15, 0.2) is 0 Å². The highest BCUT2D eigenvalue weighted by atomic mass is 35.5. The zero-order valence-electron chi connectivity index (χ0n) is 11.1. The highest BCUT2D eigenvalue weighted by Crippen LogP contribution is 2.27. The van der Waals surface area contributed by atoms with Crippen molar-refractivity contribution in [3.05, 3.63) is 47.6 Å². The first-order valence-electron chi connectivity index (χ1n) is 6.67. The molecule has 0 aliphatic carbocycles. The van der Waals surface area contributed by atoms with E-state index in [1.807, 2.05) is 12.1 Å². The van der Waals surface area contributed by atoms with E-state index in [0.29, 0.717) is 10.9 Å². The maximum atomic E-state index is 6.02. The lowest BCUT2D eigenvalue weighted by Crippen LogP contribution is -2.43. The van der Waals surface area contributed by atoms with Crippen molar-refractivity contribution in [2.45, 2.75) is 0 Å². The number of hydrogen-bond donors (Lipinski definition) is 1. The summed E-state index contributed by atoms with van der Waals surface area (Å²) < 4.78 is 5.68. The Morgan fingerprint density at radius 2 is 1.85 bits per heavy atom. The Bertz CT molecular complexity index is 568. The first-order valence-corrected chi connectivity index (χ1v) is 7.05. The number of halogens is 1. The number of nitrogens with one attached hydrogen (secondary N) is 1. The van der Waals surface area contributed by atoms with Crippen molar-refractivity contribution >= 4 is 17.3 Å². The van der Waals surface area contributed by atoms with E-state index in [0.717, 1.165) is 31.9 Å². The van der Waals surface area contributed by atoms with E-state index in [9.17, 15) is 0 Å². The standard InChI is InChI=1S/C15H16ClN3O/c16-14-2-1-7-18-15(14)20-13-5-3-12(4-6-13)19-10-8-17-9-11-19/h1-7,17H,8-11H2. The van der Waals surface area contributed by atoms with E-state index in [4.69, 9.17) is 16.3 Å². The smallest absolute Gasteiger partial charge is 0.238 e. The molecule has 0 spiro atoms. The van der Waals surface area contributed by atoms with Crippen molar-refractivity contribution in [2.24, 2.45) is 0 Å². The van der Waals surface area contributed by atoms with Crippen LogP contribution in [-0.2, 0) is 0 Å².